The maximum atomic E-state index is 12.4. The van der Waals surface area contributed by atoms with Crippen molar-refractivity contribution in [3.8, 4) is 0 Å². The number of ether oxygens (including phenoxy) is 1. The molecule has 2 nitrogen and oxygen atoms in total. The van der Waals surface area contributed by atoms with Gasteiger partial charge in [0.2, 0.25) is 0 Å². The van der Waals surface area contributed by atoms with Crippen LogP contribution in [0.1, 0.15) is 29.5 Å². The van der Waals surface area contributed by atoms with Crippen LogP contribution in [-0.2, 0) is 16.0 Å². The first-order valence-electron chi connectivity index (χ1n) is 8.82. The lowest BCUT2D eigenvalue weighted by atomic mass is 9.75. The highest BCUT2D eigenvalue weighted by molar-refractivity contribution is 5.81. The van der Waals surface area contributed by atoms with Crippen LogP contribution in [0.5, 0.6) is 0 Å². The number of esters is 1. The SMILES string of the molecule is C=C1CC2COC(=O)C2(Cc2ccc(C=Cc3ccccc3)cc2)C1. The van der Waals surface area contributed by atoms with E-state index in [0.29, 0.717) is 12.5 Å². The van der Waals surface area contributed by atoms with Crippen LogP contribution in [-0.4, -0.2) is 12.6 Å². The van der Waals surface area contributed by atoms with E-state index in [0.717, 1.165) is 24.8 Å². The minimum Gasteiger partial charge on any atom is -0.465 e. The summed E-state index contributed by atoms with van der Waals surface area (Å²) >= 11 is 0. The molecule has 2 aliphatic rings. The molecule has 1 heterocycles. The molecular formula is C23H22O2. The van der Waals surface area contributed by atoms with Crippen molar-refractivity contribution in [1.29, 1.82) is 0 Å². The Morgan fingerprint density at radius 3 is 2.44 bits per heavy atom. The zero-order valence-electron chi connectivity index (χ0n) is 14.3. The second-order valence-corrected chi connectivity index (χ2v) is 7.24. The average molecular weight is 330 g/mol. The lowest BCUT2D eigenvalue weighted by molar-refractivity contribution is -0.146. The quantitative estimate of drug-likeness (QED) is 0.452. The van der Waals surface area contributed by atoms with E-state index in [1.807, 2.05) is 18.2 Å². The summed E-state index contributed by atoms with van der Waals surface area (Å²) in [4.78, 5) is 12.4. The van der Waals surface area contributed by atoms with Gasteiger partial charge in [-0.05, 0) is 36.0 Å². The highest BCUT2D eigenvalue weighted by Gasteiger charge is 2.55. The molecule has 2 heteroatoms. The van der Waals surface area contributed by atoms with Crippen molar-refractivity contribution in [2.75, 3.05) is 6.61 Å². The van der Waals surface area contributed by atoms with E-state index in [1.165, 1.54) is 16.7 Å². The molecule has 2 unspecified atom stereocenters. The van der Waals surface area contributed by atoms with E-state index in [9.17, 15) is 4.79 Å². The van der Waals surface area contributed by atoms with Crippen LogP contribution >= 0.6 is 0 Å². The molecule has 0 aromatic heterocycles. The summed E-state index contributed by atoms with van der Waals surface area (Å²) in [7, 11) is 0. The van der Waals surface area contributed by atoms with Gasteiger partial charge in [0.25, 0.3) is 0 Å². The van der Waals surface area contributed by atoms with Crippen molar-refractivity contribution in [2.24, 2.45) is 11.3 Å². The standard InChI is InChI=1S/C23H22O2/c1-17-13-21-16-25-22(24)23(21,14-17)15-20-11-9-19(10-12-20)8-7-18-5-3-2-4-6-18/h2-12,21H,1,13-16H2. The van der Waals surface area contributed by atoms with E-state index in [1.54, 1.807) is 0 Å². The summed E-state index contributed by atoms with van der Waals surface area (Å²) in [6, 6.07) is 18.8. The Morgan fingerprint density at radius 2 is 1.72 bits per heavy atom. The molecule has 4 rings (SSSR count). The molecule has 0 spiro atoms. The Kier molecular flexibility index (Phi) is 4.04. The van der Waals surface area contributed by atoms with Gasteiger partial charge in [-0.2, -0.15) is 0 Å². The fourth-order valence-corrected chi connectivity index (χ4v) is 4.13. The third-order valence-corrected chi connectivity index (χ3v) is 5.47. The second-order valence-electron chi connectivity index (χ2n) is 7.24. The monoisotopic (exact) mass is 330 g/mol. The van der Waals surface area contributed by atoms with E-state index in [4.69, 9.17) is 4.74 Å². The first kappa shape index (κ1) is 15.9. The summed E-state index contributed by atoms with van der Waals surface area (Å²) in [5, 5.41) is 0. The molecule has 1 saturated heterocycles. The van der Waals surface area contributed by atoms with E-state index >= 15 is 0 Å². The van der Waals surface area contributed by atoms with Crippen LogP contribution in [0, 0.1) is 11.3 Å². The van der Waals surface area contributed by atoms with Gasteiger partial charge in [0.1, 0.15) is 0 Å². The number of carbonyl (C=O) groups excluding carboxylic acids is 1. The van der Waals surface area contributed by atoms with Crippen molar-refractivity contribution in [3.63, 3.8) is 0 Å². The van der Waals surface area contributed by atoms with Crippen molar-refractivity contribution in [1.82, 2.24) is 0 Å². The van der Waals surface area contributed by atoms with Crippen LogP contribution in [0.3, 0.4) is 0 Å². The van der Waals surface area contributed by atoms with E-state index in [2.05, 4.69) is 55.1 Å². The van der Waals surface area contributed by atoms with Gasteiger partial charge in [0.15, 0.2) is 0 Å². The minimum absolute atomic E-state index is 0.0378. The summed E-state index contributed by atoms with van der Waals surface area (Å²) < 4.78 is 5.36. The molecule has 2 atom stereocenters. The first-order chi connectivity index (χ1) is 12.2. The van der Waals surface area contributed by atoms with Gasteiger partial charge in [-0.1, -0.05) is 78.9 Å². The minimum atomic E-state index is -0.377. The third kappa shape index (κ3) is 3.05. The number of hydrogen-bond donors (Lipinski definition) is 0. The van der Waals surface area contributed by atoms with E-state index in [-0.39, 0.29) is 11.4 Å². The molecule has 2 aromatic rings. The first-order valence-corrected chi connectivity index (χ1v) is 8.82. The van der Waals surface area contributed by atoms with Gasteiger partial charge in [-0.3, -0.25) is 4.79 Å². The molecule has 25 heavy (non-hydrogen) atoms. The average Bonchev–Trinajstić information content (AvgIpc) is 3.10. The molecule has 0 N–H and O–H groups in total. The van der Waals surface area contributed by atoms with Crippen LogP contribution < -0.4 is 0 Å². The number of benzene rings is 2. The molecular weight excluding hydrogens is 308 g/mol. The van der Waals surface area contributed by atoms with Crippen LogP contribution in [0.4, 0.5) is 0 Å². The Hall–Kier alpha value is -2.61. The maximum absolute atomic E-state index is 12.4. The van der Waals surface area contributed by atoms with Crippen molar-refractivity contribution >= 4 is 18.1 Å². The Morgan fingerprint density at radius 1 is 1.04 bits per heavy atom. The molecule has 1 aliphatic carbocycles. The largest absolute Gasteiger partial charge is 0.465 e. The fraction of sp³-hybridized carbons (Fsp3) is 0.261. The number of rotatable bonds is 4. The van der Waals surface area contributed by atoms with Crippen molar-refractivity contribution < 1.29 is 9.53 Å². The molecule has 1 aliphatic heterocycles. The summed E-state index contributed by atoms with van der Waals surface area (Å²) in [5.74, 6) is 0.259. The molecule has 2 aromatic carbocycles. The van der Waals surface area contributed by atoms with Gasteiger partial charge >= 0.3 is 5.97 Å². The normalized spacial score (nSPS) is 25.4. The van der Waals surface area contributed by atoms with Crippen LogP contribution in [0.2, 0.25) is 0 Å². The molecule has 0 radical (unpaired) electrons. The molecule has 0 bridgehead atoms. The summed E-state index contributed by atoms with van der Waals surface area (Å²) in [6.45, 7) is 4.66. The second kappa shape index (κ2) is 6.36. The van der Waals surface area contributed by atoms with Crippen molar-refractivity contribution in [3.05, 3.63) is 83.4 Å². The lowest BCUT2D eigenvalue weighted by Gasteiger charge is -2.24. The Bertz CT molecular complexity index is 817. The highest BCUT2D eigenvalue weighted by Crippen LogP contribution is 2.52. The molecule has 0 amide bonds. The molecule has 2 fully saturated rings. The van der Waals surface area contributed by atoms with Crippen LogP contribution in [0.15, 0.2) is 66.7 Å². The number of carbonyl (C=O) groups is 1. The predicted octanol–water partition coefficient (Wildman–Crippen LogP) is 4.91. The summed E-state index contributed by atoms with van der Waals surface area (Å²) in [5.41, 5.74) is 4.34. The maximum Gasteiger partial charge on any atom is 0.313 e. The predicted molar refractivity (Wildman–Crippen MR) is 101 cm³/mol. The fourth-order valence-electron chi connectivity index (χ4n) is 4.13. The number of allylic oxidation sites excluding steroid dienone is 1. The summed E-state index contributed by atoms with van der Waals surface area (Å²) in [6.07, 6.45) is 6.66. The van der Waals surface area contributed by atoms with Gasteiger partial charge in [0.05, 0.1) is 12.0 Å². The van der Waals surface area contributed by atoms with Gasteiger partial charge in [0, 0.05) is 5.92 Å². The Labute approximate surface area is 148 Å². The number of hydrogen-bond acceptors (Lipinski definition) is 2. The number of cyclic esters (lactones) is 1. The Balaban J connectivity index is 1.50. The zero-order valence-corrected chi connectivity index (χ0v) is 14.3. The zero-order chi connectivity index (χ0) is 17.3. The smallest absolute Gasteiger partial charge is 0.313 e. The lowest BCUT2D eigenvalue weighted by Crippen LogP contribution is -2.31. The van der Waals surface area contributed by atoms with Crippen molar-refractivity contribution in [2.45, 2.75) is 19.3 Å². The number of fused-ring (bicyclic) bond motifs is 1. The topological polar surface area (TPSA) is 26.3 Å². The third-order valence-electron chi connectivity index (χ3n) is 5.47. The molecule has 1 saturated carbocycles. The van der Waals surface area contributed by atoms with Gasteiger partial charge in [-0.15, -0.1) is 0 Å². The van der Waals surface area contributed by atoms with Gasteiger partial charge < -0.3 is 4.74 Å². The highest BCUT2D eigenvalue weighted by atomic mass is 16.5. The molecule has 126 valence electrons. The van der Waals surface area contributed by atoms with Gasteiger partial charge in [-0.25, -0.2) is 0 Å². The van der Waals surface area contributed by atoms with E-state index < -0.39 is 0 Å². The van der Waals surface area contributed by atoms with Crippen LogP contribution in [0.25, 0.3) is 12.2 Å².